The molecule has 3 saturated heterocycles. The molecule has 0 aliphatic carbocycles. The number of rotatable bonds is 2. The lowest BCUT2D eigenvalue weighted by atomic mass is 9.80. The monoisotopic (exact) mass is 309 g/mol. The van der Waals surface area contributed by atoms with Gasteiger partial charge in [-0.3, -0.25) is 19.4 Å². The Labute approximate surface area is 125 Å². The largest absolute Gasteiger partial charge is 0.391 e. The Kier molecular flexibility index (Phi) is 3.02. The van der Waals surface area contributed by atoms with Crippen LogP contribution in [0.2, 0.25) is 5.28 Å². The van der Waals surface area contributed by atoms with Crippen molar-refractivity contribution in [3.05, 3.63) is 21.8 Å². The van der Waals surface area contributed by atoms with Crippen LogP contribution in [0.15, 0.2) is 11.0 Å². The zero-order valence-corrected chi connectivity index (χ0v) is 12.1. The summed E-state index contributed by atoms with van der Waals surface area (Å²) in [6.45, 7) is 2.51. The molecule has 3 aliphatic rings. The first-order valence-corrected chi connectivity index (χ1v) is 7.55. The van der Waals surface area contributed by atoms with Crippen LogP contribution in [0.1, 0.15) is 12.8 Å². The summed E-state index contributed by atoms with van der Waals surface area (Å²) in [5, 5.41) is 14.7. The lowest BCUT2D eigenvalue weighted by Crippen LogP contribution is -2.59. The highest BCUT2D eigenvalue weighted by molar-refractivity contribution is 6.28. The average Bonchev–Trinajstić information content (AvgIpc) is 2.86. The molecule has 3 aliphatic heterocycles. The van der Waals surface area contributed by atoms with Gasteiger partial charge in [0.05, 0.1) is 24.9 Å². The van der Waals surface area contributed by atoms with Gasteiger partial charge in [-0.15, -0.1) is 0 Å². The van der Waals surface area contributed by atoms with E-state index in [0.717, 1.165) is 25.9 Å². The SMILES string of the molecule is O=c1[nH]c(Cl)nc2cnn(CC3C(O)C4CCN3CC4)c12. The highest BCUT2D eigenvalue weighted by Crippen LogP contribution is 2.33. The maximum Gasteiger partial charge on any atom is 0.278 e. The lowest BCUT2D eigenvalue weighted by Gasteiger charge is -2.48. The van der Waals surface area contributed by atoms with E-state index >= 15 is 0 Å². The van der Waals surface area contributed by atoms with Gasteiger partial charge in [-0.05, 0) is 43.5 Å². The van der Waals surface area contributed by atoms with E-state index in [1.165, 1.54) is 0 Å². The van der Waals surface area contributed by atoms with Gasteiger partial charge in [0.1, 0.15) is 5.52 Å². The minimum absolute atomic E-state index is 0.00989. The summed E-state index contributed by atoms with van der Waals surface area (Å²) in [5.74, 6) is 0.368. The summed E-state index contributed by atoms with van der Waals surface area (Å²) >= 11 is 5.75. The highest BCUT2D eigenvalue weighted by atomic mass is 35.5. The number of halogens is 1. The molecule has 2 aromatic rings. The van der Waals surface area contributed by atoms with Gasteiger partial charge in [0.15, 0.2) is 5.52 Å². The van der Waals surface area contributed by atoms with Crippen molar-refractivity contribution in [1.29, 1.82) is 0 Å². The topological polar surface area (TPSA) is 87.0 Å². The molecule has 2 unspecified atom stereocenters. The Balaban J connectivity index is 1.70. The molecule has 0 aromatic carbocycles. The number of piperidine rings is 3. The van der Waals surface area contributed by atoms with Crippen molar-refractivity contribution in [3.63, 3.8) is 0 Å². The lowest BCUT2D eigenvalue weighted by molar-refractivity contribution is -0.0781. The van der Waals surface area contributed by atoms with Crippen molar-refractivity contribution >= 4 is 22.6 Å². The first-order valence-electron chi connectivity index (χ1n) is 7.17. The molecule has 2 bridgehead atoms. The van der Waals surface area contributed by atoms with Gasteiger partial charge in [0.2, 0.25) is 5.28 Å². The normalized spacial score (nSPS) is 31.9. The fourth-order valence-corrected chi connectivity index (χ4v) is 3.82. The first kappa shape index (κ1) is 13.2. The number of aliphatic hydroxyl groups is 1. The molecule has 0 radical (unpaired) electrons. The zero-order chi connectivity index (χ0) is 14.6. The number of fused-ring (bicyclic) bond motifs is 4. The van der Waals surface area contributed by atoms with E-state index in [4.69, 9.17) is 11.6 Å². The van der Waals surface area contributed by atoms with Crippen LogP contribution in [0, 0.1) is 5.92 Å². The molecule has 2 N–H and O–H groups in total. The minimum Gasteiger partial charge on any atom is -0.391 e. The quantitative estimate of drug-likeness (QED) is 0.775. The van der Waals surface area contributed by atoms with Crippen molar-refractivity contribution in [2.24, 2.45) is 5.92 Å². The second kappa shape index (κ2) is 4.79. The molecule has 2 aromatic heterocycles. The molecule has 8 heteroatoms. The Bertz CT molecular complexity index is 732. The van der Waals surface area contributed by atoms with Gasteiger partial charge < -0.3 is 5.11 Å². The first-order chi connectivity index (χ1) is 10.1. The molecule has 2 atom stereocenters. The van der Waals surface area contributed by atoms with Crippen LogP contribution in [0.25, 0.3) is 11.0 Å². The van der Waals surface area contributed by atoms with Crippen LogP contribution in [0.4, 0.5) is 0 Å². The highest BCUT2D eigenvalue weighted by Gasteiger charge is 2.41. The molecular formula is C13H16ClN5O2. The molecule has 3 fully saturated rings. The van der Waals surface area contributed by atoms with Gasteiger partial charge in [-0.2, -0.15) is 5.10 Å². The standard InChI is InChI=1S/C13H16ClN5O2/c14-13-16-8-5-15-19(10(8)12(21)17-13)6-9-11(20)7-1-3-18(9)4-2-7/h5,7,9,11,20H,1-4,6H2,(H,16,17,21). The number of nitrogens with zero attached hydrogens (tertiary/aromatic N) is 4. The van der Waals surface area contributed by atoms with Crippen LogP contribution < -0.4 is 5.56 Å². The second-order valence-electron chi connectivity index (χ2n) is 5.85. The number of nitrogens with one attached hydrogen (secondary N) is 1. The van der Waals surface area contributed by atoms with Crippen LogP contribution in [0.5, 0.6) is 0 Å². The third kappa shape index (κ3) is 2.07. The molecule has 5 heterocycles. The van der Waals surface area contributed by atoms with Crippen molar-refractivity contribution < 1.29 is 5.11 Å². The number of hydrogen-bond donors (Lipinski definition) is 2. The van der Waals surface area contributed by atoms with E-state index in [9.17, 15) is 9.90 Å². The fraction of sp³-hybridized carbons (Fsp3) is 0.615. The van der Waals surface area contributed by atoms with E-state index in [1.807, 2.05) is 0 Å². The summed E-state index contributed by atoms with van der Waals surface area (Å²) < 4.78 is 1.63. The molecule has 0 amide bonds. The van der Waals surface area contributed by atoms with Gasteiger partial charge in [0.25, 0.3) is 5.56 Å². The Hall–Kier alpha value is -1.44. The Morgan fingerprint density at radius 2 is 2.19 bits per heavy atom. The van der Waals surface area contributed by atoms with E-state index in [2.05, 4.69) is 20.0 Å². The third-order valence-corrected chi connectivity index (χ3v) is 4.93. The Morgan fingerprint density at radius 1 is 1.43 bits per heavy atom. The predicted octanol–water partition coefficient (Wildman–Crippen LogP) is 0.228. The van der Waals surface area contributed by atoms with Gasteiger partial charge in [-0.25, -0.2) is 4.98 Å². The molecule has 0 spiro atoms. The average molecular weight is 310 g/mol. The predicted molar refractivity (Wildman–Crippen MR) is 77.3 cm³/mol. The molecule has 7 nitrogen and oxygen atoms in total. The smallest absolute Gasteiger partial charge is 0.278 e. The number of aromatic nitrogens is 4. The minimum atomic E-state index is -0.355. The van der Waals surface area contributed by atoms with Crippen LogP contribution in [-0.4, -0.2) is 55.0 Å². The third-order valence-electron chi connectivity index (χ3n) is 4.75. The summed E-state index contributed by atoms with van der Waals surface area (Å²) in [4.78, 5) is 20.9. The molecule has 21 heavy (non-hydrogen) atoms. The molecular weight excluding hydrogens is 294 g/mol. The van der Waals surface area contributed by atoms with E-state index < -0.39 is 0 Å². The van der Waals surface area contributed by atoms with Crippen molar-refractivity contribution in [3.8, 4) is 0 Å². The molecule has 5 rings (SSSR count). The van der Waals surface area contributed by atoms with Crippen molar-refractivity contribution in [1.82, 2.24) is 24.6 Å². The Morgan fingerprint density at radius 3 is 2.90 bits per heavy atom. The number of H-pyrrole nitrogens is 1. The van der Waals surface area contributed by atoms with Crippen LogP contribution in [0.3, 0.4) is 0 Å². The molecule has 0 saturated carbocycles. The summed E-state index contributed by atoms with van der Waals surface area (Å²) in [5.41, 5.74) is 0.594. The second-order valence-corrected chi connectivity index (χ2v) is 6.21. The maximum atomic E-state index is 12.0. The molecule has 112 valence electrons. The number of aliphatic hydroxyl groups excluding tert-OH is 1. The van der Waals surface area contributed by atoms with Crippen molar-refractivity contribution in [2.75, 3.05) is 13.1 Å². The number of aromatic amines is 1. The van der Waals surface area contributed by atoms with Gasteiger partial charge >= 0.3 is 0 Å². The summed E-state index contributed by atoms with van der Waals surface area (Å²) in [7, 11) is 0. The maximum absolute atomic E-state index is 12.0. The summed E-state index contributed by atoms with van der Waals surface area (Å²) in [6.07, 6.45) is 3.29. The van der Waals surface area contributed by atoms with Gasteiger partial charge in [0, 0.05) is 0 Å². The van der Waals surface area contributed by atoms with E-state index in [0.29, 0.717) is 23.5 Å². The van der Waals surface area contributed by atoms with E-state index in [-0.39, 0.29) is 23.0 Å². The number of hydrogen-bond acceptors (Lipinski definition) is 5. The van der Waals surface area contributed by atoms with Gasteiger partial charge in [-0.1, -0.05) is 0 Å². The zero-order valence-electron chi connectivity index (χ0n) is 11.4. The van der Waals surface area contributed by atoms with Crippen molar-refractivity contribution in [2.45, 2.75) is 31.5 Å². The van der Waals surface area contributed by atoms with Crippen LogP contribution >= 0.6 is 11.6 Å². The fourth-order valence-electron chi connectivity index (χ4n) is 3.64. The summed E-state index contributed by atoms with van der Waals surface area (Å²) in [6, 6.07) is 0.00989. The van der Waals surface area contributed by atoms with Crippen LogP contribution in [-0.2, 0) is 6.54 Å². The van der Waals surface area contributed by atoms with E-state index in [1.54, 1.807) is 10.9 Å².